The number of hydrogen-bond donors (Lipinski definition) is 4. The summed E-state index contributed by atoms with van der Waals surface area (Å²) in [7, 11) is 0. The Morgan fingerprint density at radius 1 is 1.57 bits per heavy atom. The molecule has 2 fully saturated rings. The molecule has 2 amide bonds. The number of tetrazole rings is 1. The number of β-lactam (4-membered cyclic amide) rings is 1. The zero-order valence-electron chi connectivity index (χ0n) is 19.1. The van der Waals surface area contributed by atoms with Crippen LogP contribution in [0.15, 0.2) is 28.3 Å². The number of carboxylic acids is 1. The molecule has 0 aliphatic carbocycles. The Bertz CT molecular complexity index is 1200. The fraction of sp³-hybridized carbons (Fsp3) is 0.474. The van der Waals surface area contributed by atoms with Crippen molar-refractivity contribution in [2.75, 3.05) is 30.5 Å². The molecule has 2 saturated heterocycles. The van der Waals surface area contributed by atoms with Gasteiger partial charge in [-0.15, -0.1) is 46.4 Å². The highest BCUT2D eigenvalue weighted by Gasteiger charge is 2.60. The minimum Gasteiger partial charge on any atom is -0.481 e. The first-order valence-electron chi connectivity index (χ1n) is 10.8. The number of carbonyl (C=O) groups excluding carboxylic acids is 2. The van der Waals surface area contributed by atoms with Gasteiger partial charge in [-0.25, -0.2) is 10.1 Å². The maximum atomic E-state index is 13.1. The fourth-order valence-corrected chi connectivity index (χ4v) is 7.39. The van der Waals surface area contributed by atoms with Crippen LogP contribution in [0.25, 0.3) is 0 Å². The van der Waals surface area contributed by atoms with Crippen LogP contribution in [0, 0.1) is 5.41 Å². The monoisotopic (exact) mass is 587 g/mol. The summed E-state index contributed by atoms with van der Waals surface area (Å²) in [4.78, 5) is 49.3. The van der Waals surface area contributed by atoms with Gasteiger partial charge >= 0.3 is 5.97 Å². The summed E-state index contributed by atoms with van der Waals surface area (Å²) in [5.41, 5.74) is 4.44. The van der Waals surface area contributed by atoms with Gasteiger partial charge in [0, 0.05) is 22.9 Å². The van der Waals surface area contributed by atoms with Gasteiger partial charge in [-0.3, -0.25) is 14.4 Å². The summed E-state index contributed by atoms with van der Waals surface area (Å²) in [5.74, 6) is -1.77. The van der Waals surface area contributed by atoms with Crippen molar-refractivity contribution in [3.63, 3.8) is 0 Å². The van der Waals surface area contributed by atoms with Crippen LogP contribution in [0.4, 0.5) is 5.13 Å². The zero-order chi connectivity index (χ0) is 26.6. The van der Waals surface area contributed by atoms with E-state index in [-0.39, 0.29) is 41.3 Å². The Kier molecular flexibility index (Phi) is 8.56. The van der Waals surface area contributed by atoms with Gasteiger partial charge in [0.1, 0.15) is 29.1 Å². The van der Waals surface area contributed by atoms with Crippen molar-refractivity contribution in [2.45, 2.75) is 28.2 Å². The lowest BCUT2D eigenvalue weighted by atomic mass is 9.82. The summed E-state index contributed by atoms with van der Waals surface area (Å²) in [6.07, 6.45) is 1.98. The van der Waals surface area contributed by atoms with Gasteiger partial charge < -0.3 is 25.9 Å². The first-order valence-corrected chi connectivity index (χ1v) is 14.1. The van der Waals surface area contributed by atoms with Crippen molar-refractivity contribution in [3.8, 4) is 0 Å². The van der Waals surface area contributed by atoms with Gasteiger partial charge in [0.15, 0.2) is 10.8 Å². The number of hydrogen-bond acceptors (Lipinski definition) is 13. The molecule has 37 heavy (non-hydrogen) atoms. The normalized spacial score (nSPS) is 24.1. The lowest BCUT2D eigenvalue weighted by Gasteiger charge is -2.55. The van der Waals surface area contributed by atoms with Crippen molar-refractivity contribution >= 4 is 75.1 Å². The van der Waals surface area contributed by atoms with Crippen molar-refractivity contribution in [2.24, 2.45) is 10.6 Å². The molecule has 2 aliphatic heterocycles. The third kappa shape index (κ3) is 5.53. The van der Waals surface area contributed by atoms with Crippen LogP contribution in [0.2, 0.25) is 0 Å². The second-order valence-corrected chi connectivity index (χ2v) is 11.5. The molecule has 18 heteroatoms. The minimum atomic E-state index is -1.29. The average molecular weight is 588 g/mol. The molecule has 3 unspecified atom stereocenters. The highest BCUT2D eigenvalue weighted by molar-refractivity contribution is 8.01. The second kappa shape index (κ2) is 11.7. The number of fused-ring (bicyclic) bond motifs is 1. The Labute approximate surface area is 227 Å². The minimum absolute atomic E-state index is 0.0410. The molecular weight excluding hydrogens is 566 g/mol. The summed E-state index contributed by atoms with van der Waals surface area (Å²) in [6, 6.07) is -0.873. The van der Waals surface area contributed by atoms with Crippen LogP contribution < -0.4 is 11.1 Å². The number of aromatic amines is 1. The zero-order valence-corrected chi connectivity index (χ0v) is 22.3. The van der Waals surface area contributed by atoms with Gasteiger partial charge in [-0.2, -0.15) is 0 Å². The molecule has 2 aromatic heterocycles. The van der Waals surface area contributed by atoms with E-state index in [4.69, 9.17) is 22.2 Å². The molecule has 4 heterocycles. The molecule has 0 radical (unpaired) electrons. The van der Waals surface area contributed by atoms with Crippen molar-refractivity contribution in [3.05, 3.63) is 23.7 Å². The van der Waals surface area contributed by atoms with Crippen LogP contribution in [-0.2, 0) is 19.2 Å². The first kappa shape index (κ1) is 27.2. The number of aromatic nitrogens is 5. The van der Waals surface area contributed by atoms with E-state index in [1.165, 1.54) is 28.4 Å². The largest absolute Gasteiger partial charge is 0.481 e. The number of H-pyrrole nitrogens is 1. The SMILES string of the molecule is C=CCC(Sc1nnn[nH]1)C1(C(=O)O)CS[C@@H]2C(NC(=O)C(=NOCCCl)c3csc(N)n3)C(=O)N2C1. The third-order valence-electron chi connectivity index (χ3n) is 5.70. The first-order chi connectivity index (χ1) is 17.8. The number of nitrogens with two attached hydrogens (primary N) is 1. The van der Waals surface area contributed by atoms with Crippen molar-refractivity contribution in [1.82, 2.24) is 35.8 Å². The molecule has 0 spiro atoms. The summed E-state index contributed by atoms with van der Waals surface area (Å²) >= 11 is 9.20. The number of nitrogens with zero attached hydrogens (tertiary/aromatic N) is 6. The van der Waals surface area contributed by atoms with Gasteiger partial charge in [0.05, 0.1) is 5.88 Å². The third-order valence-corrected chi connectivity index (χ3v) is 9.40. The lowest BCUT2D eigenvalue weighted by molar-refractivity contribution is -0.158. The number of alkyl halides is 1. The number of carbonyl (C=O) groups is 3. The number of nitrogens with one attached hydrogen (secondary N) is 2. The molecule has 4 atom stereocenters. The molecule has 198 valence electrons. The van der Waals surface area contributed by atoms with Crippen LogP contribution in [0.5, 0.6) is 0 Å². The van der Waals surface area contributed by atoms with Crippen LogP contribution in [-0.4, -0.2) is 101 Å². The number of amides is 2. The molecule has 0 aromatic carbocycles. The smallest absolute Gasteiger partial charge is 0.313 e. The summed E-state index contributed by atoms with van der Waals surface area (Å²) < 4.78 is 0. The van der Waals surface area contributed by atoms with E-state index in [1.54, 1.807) is 11.5 Å². The Morgan fingerprint density at radius 3 is 3.00 bits per heavy atom. The number of rotatable bonds is 12. The predicted octanol–water partition coefficient (Wildman–Crippen LogP) is 0.406. The number of thiazole rings is 1. The van der Waals surface area contributed by atoms with Gasteiger partial charge in [0.2, 0.25) is 11.1 Å². The Morgan fingerprint density at radius 2 is 2.38 bits per heavy atom. The lowest BCUT2D eigenvalue weighted by Crippen LogP contribution is -2.75. The van der Waals surface area contributed by atoms with E-state index >= 15 is 0 Å². The quantitative estimate of drug-likeness (QED) is 0.0507. The van der Waals surface area contributed by atoms with E-state index in [2.05, 4.69) is 42.7 Å². The van der Waals surface area contributed by atoms with Crippen molar-refractivity contribution < 1.29 is 24.3 Å². The van der Waals surface area contributed by atoms with Crippen molar-refractivity contribution in [1.29, 1.82) is 0 Å². The average Bonchev–Trinajstić information content (AvgIpc) is 3.56. The molecular formula is C19H22ClN9O5S3. The number of halogens is 1. The molecule has 0 bridgehead atoms. The van der Waals surface area contributed by atoms with E-state index in [9.17, 15) is 19.5 Å². The van der Waals surface area contributed by atoms with Crippen LogP contribution >= 0.6 is 46.5 Å². The Balaban J connectivity index is 1.49. The maximum absolute atomic E-state index is 13.1. The number of aliphatic carboxylic acids is 1. The molecule has 2 aliphatic rings. The number of oxime groups is 1. The van der Waals surface area contributed by atoms with E-state index in [1.807, 2.05) is 0 Å². The molecule has 5 N–H and O–H groups in total. The fourth-order valence-electron chi connectivity index (χ4n) is 3.88. The van der Waals surface area contributed by atoms with E-state index in [0.29, 0.717) is 11.6 Å². The second-order valence-electron chi connectivity index (χ2n) is 7.95. The number of nitrogen functional groups attached to an aromatic ring is 1. The number of anilines is 1. The number of carboxylic acid groups (broad SMARTS) is 1. The van der Waals surface area contributed by atoms with E-state index < -0.39 is 39.9 Å². The van der Waals surface area contributed by atoms with Gasteiger partial charge in [0.25, 0.3) is 5.91 Å². The highest BCUT2D eigenvalue weighted by Crippen LogP contribution is 2.48. The predicted molar refractivity (Wildman–Crippen MR) is 138 cm³/mol. The molecule has 4 rings (SSSR count). The molecule has 2 aromatic rings. The molecule has 0 saturated carbocycles. The number of thioether (sulfide) groups is 2. The van der Waals surface area contributed by atoms with Crippen LogP contribution in [0.3, 0.4) is 0 Å². The highest BCUT2D eigenvalue weighted by atomic mass is 35.5. The topological polar surface area (TPSA) is 202 Å². The summed E-state index contributed by atoms with van der Waals surface area (Å²) in [5, 5.41) is 31.5. The Hall–Kier alpha value is -2.89. The van der Waals surface area contributed by atoms with Crippen LogP contribution in [0.1, 0.15) is 12.1 Å². The van der Waals surface area contributed by atoms with Gasteiger partial charge in [-0.05, 0) is 16.8 Å². The molecule has 14 nitrogen and oxygen atoms in total. The standard InChI is InChI=1S/C19H22ClN9O5S3/c1-2-3-10(37-18-24-27-28-25-18)19(16(32)33)7-29-14(31)12(15(29)36-8-19)23-13(30)11(26-34-5-4-20)9-6-35-17(21)22-9/h2,6,10,12,15H,1,3-5,7-8H2,(H2,21,22)(H,23,30)(H,32,33)(H,24,25,27,28)/t10?,12?,15-,19?/m1/s1. The summed E-state index contributed by atoms with van der Waals surface area (Å²) in [6.45, 7) is 3.77. The number of allylic oxidation sites excluding steroid dienone is 1. The van der Waals surface area contributed by atoms with E-state index in [0.717, 1.165) is 11.3 Å². The van der Waals surface area contributed by atoms with Gasteiger partial charge in [-0.1, -0.05) is 23.0 Å². The maximum Gasteiger partial charge on any atom is 0.313 e.